The first-order valence-corrected chi connectivity index (χ1v) is 10.8. The molecule has 30 heavy (non-hydrogen) atoms. The minimum absolute atomic E-state index is 0. The first-order valence-electron chi connectivity index (χ1n) is 10.8. The van der Waals surface area contributed by atoms with Crippen molar-refractivity contribution >= 4 is 28.9 Å². The van der Waals surface area contributed by atoms with Crippen LogP contribution in [0.2, 0.25) is 0 Å². The molecule has 7 heteroatoms. The van der Waals surface area contributed by atoms with Crippen molar-refractivity contribution in [1.82, 2.24) is 4.90 Å². The number of hydrogen-bond acceptors (Lipinski definition) is 6. The van der Waals surface area contributed by atoms with Gasteiger partial charge >= 0.3 is 11.9 Å². The fourth-order valence-corrected chi connectivity index (χ4v) is 4.93. The molecule has 0 aliphatic carbocycles. The van der Waals surface area contributed by atoms with Crippen LogP contribution in [0.4, 0.5) is 0 Å². The predicted octanol–water partition coefficient (Wildman–Crippen LogP) is 3.48. The molecule has 3 saturated heterocycles. The molecule has 1 aromatic rings. The van der Waals surface area contributed by atoms with Gasteiger partial charge in [0.2, 0.25) is 0 Å². The number of rotatable bonds is 8. The fraction of sp³-hybridized carbons (Fsp3) is 0.652. The molecule has 2 bridgehead atoms. The van der Waals surface area contributed by atoms with Crippen LogP contribution in [-0.4, -0.2) is 60.9 Å². The lowest BCUT2D eigenvalue weighted by Gasteiger charge is -2.38. The zero-order valence-corrected chi connectivity index (χ0v) is 19.6. The van der Waals surface area contributed by atoms with Crippen molar-refractivity contribution in [3.63, 3.8) is 0 Å². The third-order valence-electron chi connectivity index (χ3n) is 6.86. The highest BCUT2D eigenvalue weighted by Crippen LogP contribution is 2.48. The average molecular weight is 482 g/mol. The number of benzene rings is 1. The first-order chi connectivity index (χ1) is 14.0. The largest absolute Gasteiger partial charge is 0.464 e. The normalized spacial score (nSPS) is 30.2. The van der Waals surface area contributed by atoms with Gasteiger partial charge < -0.3 is 14.2 Å². The SMILES string of the molecule is Br.CCC(CC)C(=O)OC[C@@H](C(=O)OC1C[C@@H]2[C@H]3O[C@H]3[C@H](C1)N2C)c1ccccc1. The third kappa shape index (κ3) is 4.58. The molecule has 0 amide bonds. The quantitative estimate of drug-likeness (QED) is 0.418. The number of halogens is 1. The molecule has 166 valence electrons. The lowest BCUT2D eigenvalue weighted by atomic mass is 9.97. The summed E-state index contributed by atoms with van der Waals surface area (Å²) in [7, 11) is 2.13. The van der Waals surface area contributed by atoms with Crippen LogP contribution >= 0.6 is 17.0 Å². The van der Waals surface area contributed by atoms with E-state index >= 15 is 0 Å². The summed E-state index contributed by atoms with van der Waals surface area (Å²) in [5.74, 6) is -1.27. The van der Waals surface area contributed by atoms with Gasteiger partial charge in [0, 0.05) is 24.9 Å². The second-order valence-corrected chi connectivity index (χ2v) is 8.50. The summed E-state index contributed by atoms with van der Waals surface area (Å²) in [4.78, 5) is 27.8. The molecule has 0 radical (unpaired) electrons. The van der Waals surface area contributed by atoms with Crippen LogP contribution in [0.5, 0.6) is 0 Å². The number of carbonyl (C=O) groups excluding carboxylic acids is 2. The van der Waals surface area contributed by atoms with E-state index in [4.69, 9.17) is 14.2 Å². The van der Waals surface area contributed by atoms with Crippen LogP contribution < -0.4 is 0 Å². The minimum Gasteiger partial charge on any atom is -0.464 e. The summed E-state index contributed by atoms with van der Waals surface area (Å²) in [5, 5.41) is 0. The van der Waals surface area contributed by atoms with Crippen LogP contribution in [0.3, 0.4) is 0 Å². The van der Waals surface area contributed by atoms with Gasteiger partial charge in [-0.25, -0.2) is 0 Å². The van der Waals surface area contributed by atoms with Crippen LogP contribution in [0.25, 0.3) is 0 Å². The topological polar surface area (TPSA) is 68.4 Å². The molecular formula is C23H32BrNO5. The summed E-state index contributed by atoms with van der Waals surface area (Å²) in [5.41, 5.74) is 0.817. The van der Waals surface area contributed by atoms with E-state index in [1.165, 1.54) is 0 Å². The van der Waals surface area contributed by atoms with Crippen molar-refractivity contribution in [3.8, 4) is 0 Å². The highest BCUT2D eigenvalue weighted by molar-refractivity contribution is 8.93. The van der Waals surface area contributed by atoms with Crippen LogP contribution in [0.15, 0.2) is 30.3 Å². The van der Waals surface area contributed by atoms with Crippen molar-refractivity contribution in [1.29, 1.82) is 0 Å². The molecule has 3 aliphatic rings. The lowest BCUT2D eigenvalue weighted by Crippen LogP contribution is -2.48. The van der Waals surface area contributed by atoms with Crippen molar-refractivity contribution in [2.45, 2.75) is 75.8 Å². The average Bonchev–Trinajstić information content (AvgIpc) is 3.48. The maximum absolute atomic E-state index is 13.1. The smallest absolute Gasteiger partial charge is 0.317 e. The van der Waals surface area contributed by atoms with E-state index in [0.29, 0.717) is 24.3 Å². The zero-order chi connectivity index (χ0) is 20.5. The number of esters is 2. The molecule has 3 aliphatic heterocycles. The summed E-state index contributed by atoms with van der Waals surface area (Å²) in [6, 6.07) is 10.1. The summed E-state index contributed by atoms with van der Waals surface area (Å²) in [6.45, 7) is 3.97. The lowest BCUT2D eigenvalue weighted by molar-refractivity contribution is -0.160. The van der Waals surface area contributed by atoms with Gasteiger partial charge in [-0.15, -0.1) is 17.0 Å². The van der Waals surface area contributed by atoms with Gasteiger partial charge in [0.25, 0.3) is 0 Å². The second kappa shape index (κ2) is 9.79. The van der Waals surface area contributed by atoms with Gasteiger partial charge in [-0.1, -0.05) is 44.2 Å². The van der Waals surface area contributed by atoms with Crippen molar-refractivity contribution < 1.29 is 23.8 Å². The maximum atomic E-state index is 13.1. The number of carbonyl (C=O) groups is 2. The monoisotopic (exact) mass is 481 g/mol. The Hall–Kier alpha value is -1.44. The first kappa shape index (κ1) is 23.2. The fourth-order valence-electron chi connectivity index (χ4n) is 4.93. The highest BCUT2D eigenvalue weighted by atomic mass is 79.9. The molecular weight excluding hydrogens is 450 g/mol. The predicted molar refractivity (Wildman–Crippen MR) is 118 cm³/mol. The molecule has 3 fully saturated rings. The zero-order valence-electron chi connectivity index (χ0n) is 17.9. The molecule has 0 saturated carbocycles. The Morgan fingerprint density at radius 2 is 1.67 bits per heavy atom. The van der Waals surface area contributed by atoms with Crippen LogP contribution in [0, 0.1) is 5.92 Å². The van der Waals surface area contributed by atoms with E-state index in [1.54, 1.807) is 0 Å². The molecule has 0 aromatic heterocycles. The van der Waals surface area contributed by atoms with Crippen molar-refractivity contribution in [2.75, 3.05) is 13.7 Å². The Morgan fingerprint density at radius 1 is 1.07 bits per heavy atom. The Labute approximate surface area is 189 Å². The third-order valence-corrected chi connectivity index (χ3v) is 6.86. The molecule has 1 aromatic carbocycles. The highest BCUT2D eigenvalue weighted by Gasteiger charge is 2.62. The number of epoxide rings is 1. The van der Waals surface area contributed by atoms with E-state index in [-0.39, 0.29) is 47.5 Å². The van der Waals surface area contributed by atoms with Gasteiger partial charge in [-0.05, 0) is 25.5 Å². The van der Waals surface area contributed by atoms with Gasteiger partial charge in [0.15, 0.2) is 0 Å². The standard InChI is InChI=1S/C23H31NO5.BrH/c1-4-14(5-2)22(25)27-13-17(15-9-7-6-8-10-15)23(26)28-16-11-18-20-21(29-20)19(12-16)24(18)3;/h6-10,14,16-21H,4-5,11-13H2,1-3H3;1H/t16?,17-,18-,19+,20-,21+;/m1./s1. The maximum Gasteiger partial charge on any atom is 0.317 e. The summed E-state index contributed by atoms with van der Waals surface area (Å²) in [6.07, 6.45) is 3.58. The van der Waals surface area contributed by atoms with Crippen molar-refractivity contribution in [3.05, 3.63) is 35.9 Å². The molecule has 6 nitrogen and oxygen atoms in total. The van der Waals surface area contributed by atoms with E-state index in [9.17, 15) is 9.59 Å². The molecule has 3 heterocycles. The van der Waals surface area contributed by atoms with E-state index < -0.39 is 5.92 Å². The Kier molecular flexibility index (Phi) is 7.58. The molecule has 6 atom stereocenters. The number of hydrogen-bond donors (Lipinski definition) is 0. The molecule has 0 spiro atoms. The van der Waals surface area contributed by atoms with Gasteiger partial charge in [0.1, 0.15) is 30.8 Å². The van der Waals surface area contributed by atoms with E-state index in [1.807, 2.05) is 44.2 Å². The molecule has 0 N–H and O–H groups in total. The Morgan fingerprint density at radius 3 is 2.23 bits per heavy atom. The molecule has 4 rings (SSSR count). The Bertz CT molecular complexity index is 722. The van der Waals surface area contributed by atoms with Gasteiger partial charge in [0.05, 0.1) is 5.92 Å². The second-order valence-electron chi connectivity index (χ2n) is 8.50. The van der Waals surface area contributed by atoms with Crippen LogP contribution in [-0.2, 0) is 23.8 Å². The minimum atomic E-state index is -0.599. The summed E-state index contributed by atoms with van der Waals surface area (Å²) >= 11 is 0. The molecule has 1 unspecified atom stereocenters. The van der Waals surface area contributed by atoms with E-state index in [0.717, 1.165) is 31.2 Å². The van der Waals surface area contributed by atoms with Crippen LogP contribution in [0.1, 0.15) is 51.0 Å². The Balaban J connectivity index is 0.00000256. The number of nitrogens with zero attached hydrogens (tertiary/aromatic N) is 1. The van der Waals surface area contributed by atoms with Gasteiger partial charge in [-0.2, -0.15) is 0 Å². The van der Waals surface area contributed by atoms with Gasteiger partial charge in [-0.3, -0.25) is 14.5 Å². The number of likely N-dealkylation sites (N-methyl/N-ethyl adjacent to an activating group) is 1. The number of fused-ring (bicyclic) bond motifs is 5. The summed E-state index contributed by atoms with van der Waals surface area (Å²) < 4.78 is 17.2. The number of piperidine rings is 1. The van der Waals surface area contributed by atoms with E-state index in [2.05, 4.69) is 11.9 Å². The van der Waals surface area contributed by atoms with Crippen molar-refractivity contribution in [2.24, 2.45) is 5.92 Å². The number of morpholine rings is 1. The number of ether oxygens (including phenoxy) is 3.